The van der Waals surface area contributed by atoms with Gasteiger partial charge in [-0.1, -0.05) is 19.3 Å². The van der Waals surface area contributed by atoms with Gasteiger partial charge in [-0.05, 0) is 25.0 Å². The summed E-state index contributed by atoms with van der Waals surface area (Å²) >= 11 is 0. The smallest absolute Gasteiger partial charge is 0.105 e. The lowest BCUT2D eigenvalue weighted by Crippen LogP contribution is -2.27. The summed E-state index contributed by atoms with van der Waals surface area (Å²) < 4.78 is 2.20. The van der Waals surface area contributed by atoms with Crippen LogP contribution >= 0.6 is 0 Å². The Balaban J connectivity index is 1.88. The Labute approximate surface area is 121 Å². The Kier molecular flexibility index (Phi) is 5.67. The highest BCUT2D eigenvalue weighted by molar-refractivity contribution is 5.89. The van der Waals surface area contributed by atoms with Gasteiger partial charge in [-0.15, -0.1) is 0 Å². The standard InChI is InChI=1S/C16H24N4/c1-20-13-7-9-15(20)14(16-18-11-12-19-16)8-5-3-2-4-6-10-17/h7,9,13-14H,2-6,8,11-12H2,1H3,(H,18,19). The van der Waals surface area contributed by atoms with Gasteiger partial charge in [0.25, 0.3) is 0 Å². The Morgan fingerprint density at radius 1 is 1.40 bits per heavy atom. The van der Waals surface area contributed by atoms with Crippen LogP contribution in [-0.2, 0) is 7.05 Å². The number of aliphatic imine (C=N–C) groups is 1. The van der Waals surface area contributed by atoms with Crippen molar-refractivity contribution in [2.75, 3.05) is 13.1 Å². The quantitative estimate of drug-likeness (QED) is 0.740. The number of hydrogen-bond acceptors (Lipinski definition) is 3. The summed E-state index contributed by atoms with van der Waals surface area (Å²) in [5.41, 5.74) is 1.34. The molecule has 4 heteroatoms. The lowest BCUT2D eigenvalue weighted by molar-refractivity contribution is 0.588. The topological polar surface area (TPSA) is 53.1 Å². The normalized spacial score (nSPS) is 15.5. The van der Waals surface area contributed by atoms with Crippen LogP contribution in [0.1, 0.15) is 50.1 Å². The van der Waals surface area contributed by atoms with E-state index < -0.39 is 0 Å². The molecule has 1 aliphatic heterocycles. The van der Waals surface area contributed by atoms with Crippen LogP contribution in [0.5, 0.6) is 0 Å². The third-order valence-corrected chi connectivity index (χ3v) is 3.90. The summed E-state index contributed by atoms with van der Waals surface area (Å²) in [6, 6.07) is 6.51. The first-order valence-corrected chi connectivity index (χ1v) is 7.59. The van der Waals surface area contributed by atoms with E-state index in [1.807, 2.05) is 0 Å². The molecule has 1 unspecified atom stereocenters. The lowest BCUT2D eigenvalue weighted by atomic mass is 9.96. The number of rotatable bonds is 8. The number of aromatic nitrogens is 1. The van der Waals surface area contributed by atoms with Crippen LogP contribution in [0.3, 0.4) is 0 Å². The first-order valence-electron chi connectivity index (χ1n) is 7.59. The lowest BCUT2D eigenvalue weighted by Gasteiger charge is -2.18. The van der Waals surface area contributed by atoms with Crippen LogP contribution in [0, 0.1) is 11.3 Å². The maximum absolute atomic E-state index is 8.53. The molecule has 0 bridgehead atoms. The van der Waals surface area contributed by atoms with Gasteiger partial charge in [0.2, 0.25) is 0 Å². The molecule has 20 heavy (non-hydrogen) atoms. The maximum atomic E-state index is 8.53. The van der Waals surface area contributed by atoms with Crippen molar-refractivity contribution < 1.29 is 0 Å². The van der Waals surface area contributed by atoms with E-state index in [0.29, 0.717) is 12.3 Å². The Bertz CT molecular complexity index is 481. The van der Waals surface area contributed by atoms with Crippen molar-refractivity contribution >= 4 is 5.84 Å². The van der Waals surface area contributed by atoms with Crippen molar-refractivity contribution in [2.24, 2.45) is 12.0 Å². The van der Waals surface area contributed by atoms with Gasteiger partial charge in [0.1, 0.15) is 5.84 Å². The molecule has 4 nitrogen and oxygen atoms in total. The minimum atomic E-state index is 0.397. The molecule has 0 aliphatic carbocycles. The Morgan fingerprint density at radius 3 is 2.90 bits per heavy atom. The van der Waals surface area contributed by atoms with Gasteiger partial charge in [-0.2, -0.15) is 5.26 Å². The van der Waals surface area contributed by atoms with E-state index in [1.54, 1.807) is 0 Å². The fourth-order valence-corrected chi connectivity index (χ4v) is 2.82. The number of nitriles is 1. The first-order chi connectivity index (χ1) is 9.83. The molecule has 0 fully saturated rings. The molecule has 1 N–H and O–H groups in total. The predicted octanol–water partition coefficient (Wildman–Crippen LogP) is 2.97. The van der Waals surface area contributed by atoms with Crippen molar-refractivity contribution in [3.05, 3.63) is 24.0 Å². The van der Waals surface area contributed by atoms with E-state index >= 15 is 0 Å². The van der Waals surface area contributed by atoms with Crippen LogP contribution in [0.4, 0.5) is 0 Å². The zero-order valence-corrected chi connectivity index (χ0v) is 12.3. The molecule has 2 heterocycles. The summed E-state index contributed by atoms with van der Waals surface area (Å²) in [4.78, 5) is 4.61. The van der Waals surface area contributed by atoms with Crippen molar-refractivity contribution in [1.29, 1.82) is 5.26 Å². The third-order valence-electron chi connectivity index (χ3n) is 3.90. The van der Waals surface area contributed by atoms with Gasteiger partial charge in [-0.3, -0.25) is 4.99 Å². The highest BCUT2D eigenvalue weighted by Crippen LogP contribution is 2.25. The molecule has 0 radical (unpaired) electrons. The molecule has 0 amide bonds. The van der Waals surface area contributed by atoms with Crippen molar-refractivity contribution in [2.45, 2.75) is 44.4 Å². The Morgan fingerprint density at radius 2 is 2.25 bits per heavy atom. The number of aryl methyl sites for hydroxylation is 1. The number of nitrogens with one attached hydrogen (secondary N) is 1. The number of nitrogens with zero attached hydrogens (tertiary/aromatic N) is 3. The van der Waals surface area contributed by atoms with Crippen molar-refractivity contribution in [3.63, 3.8) is 0 Å². The summed E-state index contributed by atoms with van der Waals surface area (Å²) in [5, 5.41) is 12.0. The molecule has 1 atom stereocenters. The van der Waals surface area contributed by atoms with E-state index in [9.17, 15) is 0 Å². The molecule has 0 spiro atoms. The molecule has 1 aliphatic rings. The minimum absolute atomic E-state index is 0.397. The summed E-state index contributed by atoms with van der Waals surface area (Å²) in [6.45, 7) is 1.87. The van der Waals surface area contributed by atoms with Crippen LogP contribution in [0.25, 0.3) is 0 Å². The van der Waals surface area contributed by atoms with E-state index in [4.69, 9.17) is 5.26 Å². The molecule has 0 saturated heterocycles. The zero-order valence-electron chi connectivity index (χ0n) is 12.3. The van der Waals surface area contributed by atoms with E-state index in [-0.39, 0.29) is 0 Å². The highest BCUT2D eigenvalue weighted by atomic mass is 15.1. The van der Waals surface area contributed by atoms with Gasteiger partial charge < -0.3 is 9.88 Å². The highest BCUT2D eigenvalue weighted by Gasteiger charge is 2.22. The largest absolute Gasteiger partial charge is 0.371 e. The molecule has 108 valence electrons. The van der Waals surface area contributed by atoms with Gasteiger partial charge in [0.15, 0.2) is 0 Å². The second-order valence-corrected chi connectivity index (χ2v) is 5.40. The molecule has 1 aromatic rings. The van der Waals surface area contributed by atoms with Gasteiger partial charge in [0.05, 0.1) is 18.5 Å². The summed E-state index contributed by atoms with van der Waals surface area (Å²) in [6.07, 6.45) is 8.52. The van der Waals surface area contributed by atoms with Crippen molar-refractivity contribution in [1.82, 2.24) is 9.88 Å². The van der Waals surface area contributed by atoms with Crippen LogP contribution in [0.2, 0.25) is 0 Å². The minimum Gasteiger partial charge on any atom is -0.371 e. The molecular weight excluding hydrogens is 248 g/mol. The zero-order chi connectivity index (χ0) is 14.2. The van der Waals surface area contributed by atoms with E-state index in [2.05, 4.69) is 46.3 Å². The average molecular weight is 272 g/mol. The van der Waals surface area contributed by atoms with Gasteiger partial charge >= 0.3 is 0 Å². The molecular formula is C16H24N4. The maximum Gasteiger partial charge on any atom is 0.105 e. The molecule has 0 aromatic carbocycles. The second-order valence-electron chi connectivity index (χ2n) is 5.40. The fourth-order valence-electron chi connectivity index (χ4n) is 2.82. The SMILES string of the molecule is Cn1cccc1C(CCCCCCC#N)C1=NCCN1. The second kappa shape index (κ2) is 7.74. The molecule has 2 rings (SSSR count). The number of hydrogen-bond donors (Lipinski definition) is 1. The van der Waals surface area contributed by atoms with E-state index in [1.165, 1.54) is 18.5 Å². The van der Waals surface area contributed by atoms with Gasteiger partial charge in [-0.25, -0.2) is 0 Å². The molecule has 0 saturated carbocycles. The van der Waals surface area contributed by atoms with Crippen LogP contribution in [0.15, 0.2) is 23.3 Å². The van der Waals surface area contributed by atoms with Crippen LogP contribution < -0.4 is 5.32 Å². The summed E-state index contributed by atoms with van der Waals surface area (Å²) in [7, 11) is 2.10. The van der Waals surface area contributed by atoms with E-state index in [0.717, 1.165) is 38.2 Å². The summed E-state index contributed by atoms with van der Waals surface area (Å²) in [5.74, 6) is 1.55. The number of amidine groups is 1. The average Bonchev–Trinajstić information content (AvgIpc) is 3.10. The molecule has 1 aromatic heterocycles. The van der Waals surface area contributed by atoms with Crippen LogP contribution in [-0.4, -0.2) is 23.5 Å². The van der Waals surface area contributed by atoms with Crippen molar-refractivity contribution in [3.8, 4) is 6.07 Å². The monoisotopic (exact) mass is 272 g/mol. The third kappa shape index (κ3) is 3.86. The Hall–Kier alpha value is -1.76. The fraction of sp³-hybridized carbons (Fsp3) is 0.625. The predicted molar refractivity (Wildman–Crippen MR) is 81.8 cm³/mol. The first kappa shape index (κ1) is 14.6. The number of unbranched alkanes of at least 4 members (excludes halogenated alkanes) is 4. The van der Waals surface area contributed by atoms with Gasteiger partial charge in [0, 0.05) is 31.9 Å².